The zero-order valence-corrected chi connectivity index (χ0v) is 9.45. The van der Waals surface area contributed by atoms with Crippen molar-refractivity contribution in [2.24, 2.45) is 0 Å². The highest BCUT2D eigenvalue weighted by Gasteiger charge is 2.52. The second kappa shape index (κ2) is 3.07. The van der Waals surface area contributed by atoms with Crippen LogP contribution in [0.25, 0.3) is 0 Å². The van der Waals surface area contributed by atoms with Crippen molar-refractivity contribution in [2.75, 3.05) is 20.3 Å². The molecule has 5 nitrogen and oxygen atoms in total. The van der Waals surface area contributed by atoms with Crippen LogP contribution >= 0.6 is 0 Å². The lowest BCUT2D eigenvalue weighted by atomic mass is 9.88. The van der Waals surface area contributed by atoms with Gasteiger partial charge in [-0.1, -0.05) is 0 Å². The van der Waals surface area contributed by atoms with Gasteiger partial charge in [-0.2, -0.15) is 0 Å². The molecule has 1 spiro atoms. The molecule has 0 saturated carbocycles. The molecule has 16 heavy (non-hydrogen) atoms. The first-order valence-electron chi connectivity index (χ1n) is 5.49. The lowest BCUT2D eigenvalue weighted by molar-refractivity contribution is -0.0151. The third-order valence-corrected chi connectivity index (χ3v) is 3.63. The number of ether oxygens (including phenoxy) is 1. The fourth-order valence-corrected chi connectivity index (χ4v) is 2.66. The molecule has 86 valence electrons. The first-order chi connectivity index (χ1) is 7.65. The van der Waals surface area contributed by atoms with Gasteiger partial charge in [0.25, 0.3) is 5.91 Å². The molecule has 1 aromatic rings. The summed E-state index contributed by atoms with van der Waals surface area (Å²) in [5.74, 6) is 1.27. The molecule has 2 aliphatic heterocycles. The molecule has 0 atom stereocenters. The molecule has 3 rings (SSSR count). The fraction of sp³-hybridized carbons (Fsp3) is 0.636. The third kappa shape index (κ3) is 1.04. The molecule has 1 aromatic heterocycles. The molecular weight excluding hydrogens is 208 g/mol. The molecule has 3 heterocycles. The highest BCUT2D eigenvalue weighted by Crippen LogP contribution is 2.44. The van der Waals surface area contributed by atoms with Gasteiger partial charge in [0.2, 0.25) is 0 Å². The van der Waals surface area contributed by atoms with Crippen LogP contribution in [-0.4, -0.2) is 36.1 Å². The highest BCUT2D eigenvalue weighted by atomic mass is 16.5. The number of oxazole rings is 1. The van der Waals surface area contributed by atoms with Crippen molar-refractivity contribution in [3.05, 3.63) is 17.3 Å². The van der Waals surface area contributed by atoms with Gasteiger partial charge in [0.05, 0.1) is 0 Å². The van der Waals surface area contributed by atoms with Crippen LogP contribution in [0.15, 0.2) is 4.42 Å². The van der Waals surface area contributed by atoms with Gasteiger partial charge in [-0.05, 0) is 0 Å². The molecule has 1 fully saturated rings. The molecular formula is C11H14N2O3. The van der Waals surface area contributed by atoms with Crippen molar-refractivity contribution in [2.45, 2.75) is 25.3 Å². The normalized spacial score (nSPS) is 22.9. The predicted octanol–water partition coefficient (Wildman–Crippen LogP) is 1.07. The van der Waals surface area contributed by atoms with Crippen LogP contribution in [0.3, 0.4) is 0 Å². The number of hydrogen-bond acceptors (Lipinski definition) is 4. The average Bonchev–Trinajstić information content (AvgIpc) is 2.76. The Balaban J connectivity index is 2.14. The van der Waals surface area contributed by atoms with Gasteiger partial charge in [0, 0.05) is 40.0 Å². The second-order valence-electron chi connectivity index (χ2n) is 4.42. The van der Waals surface area contributed by atoms with Gasteiger partial charge in [-0.15, -0.1) is 0 Å². The second-order valence-corrected chi connectivity index (χ2v) is 4.42. The number of nitrogens with zero attached hydrogens (tertiary/aromatic N) is 2. The predicted molar refractivity (Wildman–Crippen MR) is 55.1 cm³/mol. The molecule has 1 saturated heterocycles. The molecule has 0 unspecified atom stereocenters. The smallest absolute Gasteiger partial charge is 0.276 e. The van der Waals surface area contributed by atoms with E-state index in [4.69, 9.17) is 9.15 Å². The van der Waals surface area contributed by atoms with Crippen molar-refractivity contribution in [1.82, 2.24) is 9.88 Å². The Morgan fingerprint density at radius 2 is 2.06 bits per heavy atom. The van der Waals surface area contributed by atoms with Crippen molar-refractivity contribution < 1.29 is 13.9 Å². The van der Waals surface area contributed by atoms with Gasteiger partial charge < -0.3 is 14.1 Å². The molecule has 0 bridgehead atoms. The number of aryl methyl sites for hydroxylation is 1. The Hall–Kier alpha value is -1.36. The van der Waals surface area contributed by atoms with Gasteiger partial charge in [-0.25, -0.2) is 4.98 Å². The Morgan fingerprint density at radius 1 is 1.38 bits per heavy atom. The number of hydrogen-bond donors (Lipinski definition) is 0. The number of fused-ring (bicyclic) bond motifs is 2. The van der Waals surface area contributed by atoms with E-state index < -0.39 is 0 Å². The molecule has 5 heteroatoms. The summed E-state index contributed by atoms with van der Waals surface area (Å²) in [7, 11) is 1.82. The topological polar surface area (TPSA) is 55.6 Å². The van der Waals surface area contributed by atoms with Crippen LogP contribution in [0.5, 0.6) is 0 Å². The number of carbonyl (C=O) groups excluding carboxylic acids is 1. The quantitative estimate of drug-likeness (QED) is 0.659. The van der Waals surface area contributed by atoms with Gasteiger partial charge >= 0.3 is 0 Å². The van der Waals surface area contributed by atoms with Crippen molar-refractivity contribution in [3.8, 4) is 0 Å². The summed E-state index contributed by atoms with van der Waals surface area (Å²) in [6.07, 6.45) is 1.58. The molecule has 0 aromatic carbocycles. The van der Waals surface area contributed by atoms with Crippen molar-refractivity contribution in [1.29, 1.82) is 0 Å². The maximum absolute atomic E-state index is 12.0. The van der Waals surface area contributed by atoms with Crippen LogP contribution in [0, 0.1) is 6.92 Å². The number of amides is 1. The minimum absolute atomic E-state index is 0.0336. The van der Waals surface area contributed by atoms with E-state index in [0.717, 1.165) is 18.6 Å². The van der Waals surface area contributed by atoms with Crippen LogP contribution in [0.1, 0.15) is 35.0 Å². The summed E-state index contributed by atoms with van der Waals surface area (Å²) < 4.78 is 11.0. The summed E-state index contributed by atoms with van der Waals surface area (Å²) in [6.45, 7) is 3.10. The number of aromatic nitrogens is 1. The number of carbonyl (C=O) groups is 1. The molecule has 0 aliphatic carbocycles. The van der Waals surface area contributed by atoms with E-state index >= 15 is 0 Å². The van der Waals surface area contributed by atoms with Crippen LogP contribution in [0.4, 0.5) is 0 Å². The minimum atomic E-state index is -0.314. The Morgan fingerprint density at radius 3 is 2.75 bits per heavy atom. The summed E-state index contributed by atoms with van der Waals surface area (Å²) in [5.41, 5.74) is 0.174. The lowest BCUT2D eigenvalue weighted by Crippen LogP contribution is -2.45. The first kappa shape index (κ1) is 9.84. The molecule has 2 aliphatic rings. The van der Waals surface area contributed by atoms with Crippen LogP contribution in [-0.2, 0) is 10.3 Å². The van der Waals surface area contributed by atoms with Crippen molar-refractivity contribution in [3.63, 3.8) is 0 Å². The maximum Gasteiger partial charge on any atom is 0.276 e. The fourth-order valence-electron chi connectivity index (χ4n) is 2.66. The van der Waals surface area contributed by atoms with Gasteiger partial charge in [0.15, 0.2) is 17.3 Å². The summed E-state index contributed by atoms with van der Waals surface area (Å²) in [6, 6.07) is 0. The van der Waals surface area contributed by atoms with Crippen LogP contribution in [0.2, 0.25) is 0 Å². The Bertz CT molecular complexity index is 446. The standard InChI is InChI=1S/C11H14N2O3/c1-7-12-8-9(16-7)11(13(2)10(8)14)3-5-15-6-4-11/h3-6H2,1-2H3. The Kier molecular flexibility index (Phi) is 1.89. The zero-order valence-electron chi connectivity index (χ0n) is 9.45. The van der Waals surface area contributed by atoms with Gasteiger partial charge in [-0.3, -0.25) is 4.79 Å². The van der Waals surface area contributed by atoms with E-state index in [1.807, 2.05) is 7.05 Å². The molecule has 1 amide bonds. The SMILES string of the molecule is Cc1nc2c(o1)C1(CCOCC1)N(C)C2=O. The lowest BCUT2D eigenvalue weighted by Gasteiger charge is -2.38. The molecule has 0 radical (unpaired) electrons. The summed E-state index contributed by atoms with van der Waals surface area (Å²) in [4.78, 5) is 18.0. The summed E-state index contributed by atoms with van der Waals surface area (Å²) in [5, 5.41) is 0. The maximum atomic E-state index is 12.0. The Labute approximate surface area is 93.4 Å². The van der Waals surface area contributed by atoms with E-state index in [0.29, 0.717) is 24.8 Å². The van der Waals surface area contributed by atoms with E-state index in [1.165, 1.54) is 0 Å². The van der Waals surface area contributed by atoms with Crippen molar-refractivity contribution >= 4 is 5.91 Å². The zero-order chi connectivity index (χ0) is 11.3. The largest absolute Gasteiger partial charge is 0.443 e. The third-order valence-electron chi connectivity index (χ3n) is 3.63. The van der Waals surface area contributed by atoms with E-state index in [-0.39, 0.29) is 11.4 Å². The number of rotatable bonds is 0. The molecule has 0 N–H and O–H groups in total. The first-order valence-corrected chi connectivity index (χ1v) is 5.49. The summed E-state index contributed by atoms with van der Waals surface area (Å²) >= 11 is 0. The minimum Gasteiger partial charge on any atom is -0.443 e. The van der Waals surface area contributed by atoms with E-state index in [9.17, 15) is 4.79 Å². The van der Waals surface area contributed by atoms with Crippen LogP contribution < -0.4 is 0 Å². The van der Waals surface area contributed by atoms with Gasteiger partial charge in [0.1, 0.15) is 5.54 Å². The van der Waals surface area contributed by atoms with E-state index in [2.05, 4.69) is 4.98 Å². The average molecular weight is 222 g/mol. The van der Waals surface area contributed by atoms with E-state index in [1.54, 1.807) is 11.8 Å². The highest BCUT2D eigenvalue weighted by molar-refractivity contribution is 5.97. The monoisotopic (exact) mass is 222 g/mol.